The number of nitrogens with one attached hydrogen (secondary N) is 2. The predicted octanol–water partition coefficient (Wildman–Crippen LogP) is 6.21. The summed E-state index contributed by atoms with van der Waals surface area (Å²) >= 11 is 13.1. The second-order valence-electron chi connectivity index (χ2n) is 8.65. The molecule has 5 rings (SSSR count). The van der Waals surface area contributed by atoms with Crippen LogP contribution in [0.4, 0.5) is 11.6 Å². The summed E-state index contributed by atoms with van der Waals surface area (Å²) in [5.74, 6) is 1.85. The standard InChI is InChI=1S/C28H25Cl2N5O4/c1-15-22(27(36)32-17-9-6-5-7-10-17)24(18-11-8-12-19(29)23(18)30)35-28(31-15)33-26(34-35)16-13-20(37-2)25(39-4)21(14-16)38-3/h5-14,24H,1-4H3,(H,32,36)(H,31,33,34). The van der Waals surface area contributed by atoms with Crippen molar-refractivity contribution in [2.24, 2.45) is 0 Å². The fraction of sp³-hybridized carbons (Fsp3) is 0.179. The Labute approximate surface area is 235 Å². The molecule has 0 spiro atoms. The van der Waals surface area contributed by atoms with Crippen molar-refractivity contribution < 1.29 is 19.0 Å². The fourth-order valence-electron chi connectivity index (χ4n) is 4.52. The van der Waals surface area contributed by atoms with Gasteiger partial charge in [0.05, 0.1) is 36.9 Å². The Morgan fingerprint density at radius 3 is 2.31 bits per heavy atom. The second-order valence-corrected chi connectivity index (χ2v) is 9.43. The first-order valence-corrected chi connectivity index (χ1v) is 12.7. The van der Waals surface area contributed by atoms with Crippen molar-refractivity contribution >= 4 is 40.7 Å². The van der Waals surface area contributed by atoms with Gasteiger partial charge in [-0.1, -0.05) is 53.5 Å². The summed E-state index contributed by atoms with van der Waals surface area (Å²) in [5, 5.41) is 11.7. The van der Waals surface area contributed by atoms with Gasteiger partial charge >= 0.3 is 0 Å². The minimum Gasteiger partial charge on any atom is -0.493 e. The Hall–Kier alpha value is -4.21. The lowest BCUT2D eigenvalue weighted by atomic mass is 9.95. The highest BCUT2D eigenvalue weighted by molar-refractivity contribution is 6.42. The van der Waals surface area contributed by atoms with Crippen molar-refractivity contribution in [2.45, 2.75) is 13.0 Å². The molecule has 1 aliphatic rings. The maximum Gasteiger partial charge on any atom is 0.255 e. The summed E-state index contributed by atoms with van der Waals surface area (Å²) in [5.41, 5.74) is 2.89. The van der Waals surface area contributed by atoms with Crippen LogP contribution in [0.3, 0.4) is 0 Å². The lowest BCUT2D eigenvalue weighted by Crippen LogP contribution is -2.31. The van der Waals surface area contributed by atoms with Gasteiger partial charge in [-0.2, -0.15) is 4.98 Å². The number of ether oxygens (including phenoxy) is 3. The Balaban J connectivity index is 1.65. The first-order valence-electron chi connectivity index (χ1n) is 11.9. The SMILES string of the molecule is COc1cc(-c2nc3n(n2)C(c2cccc(Cl)c2Cl)C(C(=O)Nc2ccccc2)=C(C)N3)cc(OC)c1OC. The third kappa shape index (κ3) is 4.86. The minimum absolute atomic E-state index is 0.317. The Bertz CT molecular complexity index is 1560. The number of hydrogen-bond donors (Lipinski definition) is 2. The van der Waals surface area contributed by atoms with Gasteiger partial charge in [-0.25, -0.2) is 4.68 Å². The van der Waals surface area contributed by atoms with Crippen LogP contribution in [0.5, 0.6) is 17.2 Å². The van der Waals surface area contributed by atoms with Gasteiger partial charge in [0.25, 0.3) is 5.91 Å². The number of methoxy groups -OCH3 is 3. The summed E-state index contributed by atoms with van der Waals surface area (Å²) < 4.78 is 18.1. The molecule has 0 saturated heterocycles. The zero-order valence-electron chi connectivity index (χ0n) is 21.6. The summed E-state index contributed by atoms with van der Waals surface area (Å²) in [7, 11) is 4.61. The van der Waals surface area contributed by atoms with Gasteiger partial charge in [-0.05, 0) is 37.3 Å². The van der Waals surface area contributed by atoms with Crippen molar-refractivity contribution in [1.29, 1.82) is 0 Å². The van der Waals surface area contributed by atoms with Gasteiger partial charge in [0.1, 0.15) is 6.04 Å². The molecule has 1 aliphatic heterocycles. The molecule has 9 nitrogen and oxygen atoms in total. The first-order chi connectivity index (χ1) is 18.9. The molecule has 1 unspecified atom stereocenters. The fourth-order valence-corrected chi connectivity index (χ4v) is 4.93. The van der Waals surface area contributed by atoms with Gasteiger partial charge in [0.2, 0.25) is 11.7 Å². The van der Waals surface area contributed by atoms with Crippen LogP contribution in [-0.2, 0) is 4.79 Å². The van der Waals surface area contributed by atoms with Crippen LogP contribution < -0.4 is 24.8 Å². The Kier molecular flexibility index (Phi) is 7.36. The average molecular weight is 566 g/mol. The number of para-hydroxylation sites is 1. The van der Waals surface area contributed by atoms with Crippen LogP contribution in [0, 0.1) is 0 Å². The van der Waals surface area contributed by atoms with Crippen molar-refractivity contribution in [3.63, 3.8) is 0 Å². The van der Waals surface area contributed by atoms with Crippen molar-refractivity contribution in [2.75, 3.05) is 32.0 Å². The molecule has 39 heavy (non-hydrogen) atoms. The van der Waals surface area contributed by atoms with E-state index in [1.807, 2.05) is 43.3 Å². The van der Waals surface area contributed by atoms with Crippen LogP contribution in [0.15, 0.2) is 71.9 Å². The van der Waals surface area contributed by atoms with E-state index in [2.05, 4.69) is 10.6 Å². The number of amides is 1. The summed E-state index contributed by atoms with van der Waals surface area (Å²) in [4.78, 5) is 18.4. The van der Waals surface area contributed by atoms with E-state index in [0.29, 0.717) is 67.2 Å². The molecule has 0 aliphatic carbocycles. The third-order valence-electron chi connectivity index (χ3n) is 6.33. The molecular weight excluding hydrogens is 541 g/mol. The molecule has 0 bridgehead atoms. The number of carbonyl (C=O) groups excluding carboxylic acids is 1. The second kappa shape index (κ2) is 10.9. The van der Waals surface area contributed by atoms with Gasteiger partial charge < -0.3 is 24.8 Å². The van der Waals surface area contributed by atoms with Crippen LogP contribution in [0.1, 0.15) is 18.5 Å². The van der Waals surface area contributed by atoms with E-state index in [-0.39, 0.29) is 5.91 Å². The van der Waals surface area contributed by atoms with E-state index in [0.717, 1.165) is 0 Å². The number of allylic oxidation sites excluding steroid dienone is 1. The highest BCUT2D eigenvalue weighted by Gasteiger charge is 2.36. The molecule has 2 N–H and O–H groups in total. The van der Waals surface area contributed by atoms with E-state index in [9.17, 15) is 4.79 Å². The number of fused-ring (bicyclic) bond motifs is 1. The summed E-state index contributed by atoms with van der Waals surface area (Å²) in [6.07, 6.45) is 0. The number of benzene rings is 3. The molecule has 0 radical (unpaired) electrons. The average Bonchev–Trinajstić information content (AvgIpc) is 3.37. The molecule has 2 heterocycles. The molecule has 1 amide bonds. The number of aromatic nitrogens is 3. The molecule has 4 aromatic rings. The van der Waals surface area contributed by atoms with Crippen molar-refractivity contribution in [1.82, 2.24) is 14.8 Å². The molecule has 0 fully saturated rings. The van der Waals surface area contributed by atoms with Gasteiger partial charge in [0.15, 0.2) is 17.3 Å². The molecule has 11 heteroatoms. The Morgan fingerprint density at radius 2 is 1.67 bits per heavy atom. The predicted molar refractivity (Wildman–Crippen MR) is 151 cm³/mol. The van der Waals surface area contributed by atoms with Crippen LogP contribution in [-0.4, -0.2) is 42.0 Å². The van der Waals surface area contributed by atoms with E-state index in [1.54, 1.807) is 28.9 Å². The summed E-state index contributed by atoms with van der Waals surface area (Å²) in [6, 6.07) is 17.3. The molecule has 3 aromatic carbocycles. The number of nitrogens with zero attached hydrogens (tertiary/aromatic N) is 3. The highest BCUT2D eigenvalue weighted by Crippen LogP contribution is 2.43. The zero-order valence-corrected chi connectivity index (χ0v) is 23.1. The number of anilines is 2. The maximum atomic E-state index is 13.7. The van der Waals surface area contributed by atoms with E-state index < -0.39 is 6.04 Å². The van der Waals surface area contributed by atoms with Gasteiger partial charge in [-0.3, -0.25) is 4.79 Å². The largest absolute Gasteiger partial charge is 0.493 e. The van der Waals surface area contributed by atoms with Crippen molar-refractivity contribution in [3.8, 4) is 28.6 Å². The van der Waals surface area contributed by atoms with E-state index in [4.69, 9.17) is 47.5 Å². The molecule has 1 aromatic heterocycles. The van der Waals surface area contributed by atoms with Crippen molar-refractivity contribution in [3.05, 3.63) is 87.5 Å². The quantitative estimate of drug-likeness (QED) is 0.275. The minimum atomic E-state index is -0.723. The molecule has 200 valence electrons. The van der Waals surface area contributed by atoms with Gasteiger partial charge in [-0.15, -0.1) is 5.10 Å². The van der Waals surface area contributed by atoms with E-state index >= 15 is 0 Å². The first kappa shape index (κ1) is 26.4. The third-order valence-corrected chi connectivity index (χ3v) is 7.16. The maximum absolute atomic E-state index is 13.7. The van der Waals surface area contributed by atoms with Crippen LogP contribution >= 0.6 is 23.2 Å². The topological polar surface area (TPSA) is 99.5 Å². The molecule has 1 atom stereocenters. The smallest absolute Gasteiger partial charge is 0.255 e. The molecule has 0 saturated carbocycles. The monoisotopic (exact) mass is 565 g/mol. The number of carbonyl (C=O) groups is 1. The number of rotatable bonds is 7. The highest BCUT2D eigenvalue weighted by atomic mass is 35.5. The van der Waals surface area contributed by atoms with Crippen LogP contribution in [0.2, 0.25) is 10.0 Å². The lowest BCUT2D eigenvalue weighted by Gasteiger charge is -2.29. The van der Waals surface area contributed by atoms with Crippen LogP contribution in [0.25, 0.3) is 11.4 Å². The van der Waals surface area contributed by atoms with Gasteiger partial charge in [0, 0.05) is 22.5 Å². The number of halogens is 2. The zero-order chi connectivity index (χ0) is 27.7. The lowest BCUT2D eigenvalue weighted by molar-refractivity contribution is -0.113. The number of hydrogen-bond acceptors (Lipinski definition) is 7. The Morgan fingerprint density at radius 1 is 0.974 bits per heavy atom. The van der Waals surface area contributed by atoms with E-state index in [1.165, 1.54) is 21.3 Å². The normalized spacial score (nSPS) is 14.4. The molecular formula is C28H25Cl2N5O4. The summed E-state index contributed by atoms with van der Waals surface area (Å²) in [6.45, 7) is 1.81.